The van der Waals surface area contributed by atoms with Crippen molar-refractivity contribution < 1.29 is 4.79 Å². The molecule has 0 fully saturated rings. The molecular weight excluding hydrogens is 346 g/mol. The summed E-state index contributed by atoms with van der Waals surface area (Å²) in [5.74, 6) is -0.117. The fraction of sp³-hybridized carbons (Fsp3) is 0.143. The highest BCUT2D eigenvalue weighted by atomic mass is 35.5. The molecule has 26 heavy (non-hydrogen) atoms. The van der Waals surface area contributed by atoms with E-state index >= 15 is 0 Å². The van der Waals surface area contributed by atoms with Gasteiger partial charge in [-0.05, 0) is 36.8 Å². The minimum absolute atomic E-state index is 0.0150. The van der Waals surface area contributed by atoms with Crippen molar-refractivity contribution in [2.45, 2.75) is 19.5 Å². The van der Waals surface area contributed by atoms with Crippen LogP contribution < -0.4 is 10.6 Å². The molecule has 0 aliphatic carbocycles. The van der Waals surface area contributed by atoms with Gasteiger partial charge in [0.1, 0.15) is 0 Å². The molecule has 5 heteroatoms. The zero-order valence-corrected chi connectivity index (χ0v) is 15.2. The number of benzene rings is 2. The summed E-state index contributed by atoms with van der Waals surface area (Å²) in [6.07, 6.45) is 5.13. The molecule has 1 heterocycles. The number of carbonyl (C=O) groups excluding carboxylic acids is 1. The second kappa shape index (κ2) is 8.50. The first-order valence-electron chi connectivity index (χ1n) is 8.42. The number of halogens is 1. The van der Waals surface area contributed by atoms with Crippen molar-refractivity contribution in [1.29, 1.82) is 0 Å². The standard InChI is InChI=1S/C21H20ClN3O/c1-15(7-10-21(26)24-14-16-5-3-2-4-6-16)25-19-11-12-23-20-13-17(22)8-9-18(19)20/h2-13,15H,14H2,1H3,(H,23,25)(H,24,26)/b10-7+/t15-/m0/s1. The molecule has 0 unspecified atom stereocenters. The van der Waals surface area contributed by atoms with E-state index in [1.165, 1.54) is 0 Å². The number of aromatic nitrogens is 1. The fourth-order valence-electron chi connectivity index (χ4n) is 2.62. The van der Waals surface area contributed by atoms with Gasteiger partial charge in [0.15, 0.2) is 0 Å². The van der Waals surface area contributed by atoms with E-state index in [4.69, 9.17) is 11.6 Å². The molecule has 1 amide bonds. The number of hydrogen-bond acceptors (Lipinski definition) is 3. The lowest BCUT2D eigenvalue weighted by molar-refractivity contribution is -0.116. The van der Waals surface area contributed by atoms with Crippen molar-refractivity contribution >= 4 is 34.1 Å². The van der Waals surface area contributed by atoms with E-state index in [-0.39, 0.29) is 11.9 Å². The van der Waals surface area contributed by atoms with Crippen LogP contribution >= 0.6 is 11.6 Å². The second-order valence-electron chi connectivity index (χ2n) is 6.02. The quantitative estimate of drug-likeness (QED) is 0.629. The minimum Gasteiger partial charge on any atom is -0.379 e. The summed E-state index contributed by atoms with van der Waals surface area (Å²) < 4.78 is 0. The van der Waals surface area contributed by atoms with Crippen LogP contribution in [0.15, 0.2) is 72.9 Å². The van der Waals surface area contributed by atoms with Gasteiger partial charge >= 0.3 is 0 Å². The zero-order chi connectivity index (χ0) is 18.4. The summed E-state index contributed by atoms with van der Waals surface area (Å²) >= 11 is 6.02. The first-order chi connectivity index (χ1) is 12.6. The molecule has 1 atom stereocenters. The molecular formula is C21H20ClN3O. The fourth-order valence-corrected chi connectivity index (χ4v) is 2.78. The van der Waals surface area contributed by atoms with Crippen LogP contribution in [0.25, 0.3) is 10.9 Å². The predicted octanol–water partition coefficient (Wildman–Crippen LogP) is 4.56. The Kier molecular flexibility index (Phi) is 5.87. The molecule has 0 aliphatic rings. The van der Waals surface area contributed by atoms with Gasteiger partial charge < -0.3 is 10.6 Å². The number of nitrogens with zero attached hydrogens (tertiary/aromatic N) is 1. The highest BCUT2D eigenvalue weighted by Gasteiger charge is 2.05. The summed E-state index contributed by atoms with van der Waals surface area (Å²) in [5.41, 5.74) is 2.86. The van der Waals surface area contributed by atoms with E-state index in [2.05, 4.69) is 15.6 Å². The lowest BCUT2D eigenvalue weighted by Gasteiger charge is -2.13. The van der Waals surface area contributed by atoms with Crippen molar-refractivity contribution in [3.8, 4) is 0 Å². The number of hydrogen-bond donors (Lipinski definition) is 2. The average Bonchev–Trinajstić information content (AvgIpc) is 2.65. The van der Waals surface area contributed by atoms with Crippen LogP contribution in [0.5, 0.6) is 0 Å². The van der Waals surface area contributed by atoms with Crippen LogP contribution in [0.2, 0.25) is 5.02 Å². The molecule has 0 bridgehead atoms. The van der Waals surface area contributed by atoms with Gasteiger partial charge in [-0.1, -0.05) is 48.0 Å². The number of nitrogens with one attached hydrogen (secondary N) is 2. The molecule has 0 aliphatic heterocycles. The number of amides is 1. The smallest absolute Gasteiger partial charge is 0.243 e. The Labute approximate surface area is 157 Å². The first kappa shape index (κ1) is 18.0. The van der Waals surface area contributed by atoms with E-state index in [1.807, 2.05) is 67.6 Å². The van der Waals surface area contributed by atoms with Crippen molar-refractivity contribution in [1.82, 2.24) is 10.3 Å². The van der Waals surface area contributed by atoms with Gasteiger partial charge in [0.05, 0.1) is 5.52 Å². The van der Waals surface area contributed by atoms with Crippen LogP contribution in [0.1, 0.15) is 12.5 Å². The van der Waals surface area contributed by atoms with Gasteiger partial charge in [0, 0.05) is 41.0 Å². The summed E-state index contributed by atoms with van der Waals surface area (Å²) in [6.45, 7) is 2.50. The van der Waals surface area contributed by atoms with E-state index in [9.17, 15) is 4.79 Å². The van der Waals surface area contributed by atoms with E-state index in [1.54, 1.807) is 12.3 Å². The van der Waals surface area contributed by atoms with E-state index in [0.717, 1.165) is 22.2 Å². The SMILES string of the molecule is C[C@@H](/C=C/C(=O)NCc1ccccc1)Nc1ccnc2cc(Cl)ccc12. The van der Waals surface area contributed by atoms with Gasteiger partial charge in [-0.15, -0.1) is 0 Å². The summed E-state index contributed by atoms with van der Waals surface area (Å²) in [7, 11) is 0. The van der Waals surface area contributed by atoms with Crippen molar-refractivity contribution in [3.05, 3.63) is 83.5 Å². The van der Waals surface area contributed by atoms with Crippen LogP contribution in [0, 0.1) is 0 Å². The molecule has 4 nitrogen and oxygen atoms in total. The Morgan fingerprint density at radius 2 is 2.00 bits per heavy atom. The van der Waals surface area contributed by atoms with Crippen LogP contribution in [-0.4, -0.2) is 16.9 Å². The lowest BCUT2D eigenvalue weighted by Crippen LogP contribution is -2.21. The third-order valence-corrected chi connectivity index (χ3v) is 4.17. The molecule has 0 spiro atoms. The molecule has 1 aromatic heterocycles. The molecule has 2 aromatic carbocycles. The van der Waals surface area contributed by atoms with Crippen LogP contribution in [0.3, 0.4) is 0 Å². The average molecular weight is 366 g/mol. The number of rotatable bonds is 6. The lowest BCUT2D eigenvalue weighted by atomic mass is 10.1. The van der Waals surface area contributed by atoms with Gasteiger partial charge in [-0.25, -0.2) is 0 Å². The largest absolute Gasteiger partial charge is 0.379 e. The molecule has 2 N–H and O–H groups in total. The molecule has 132 valence electrons. The Bertz CT molecular complexity index is 925. The number of pyridine rings is 1. The third kappa shape index (κ3) is 4.83. The monoisotopic (exact) mass is 365 g/mol. The van der Waals surface area contributed by atoms with Crippen LogP contribution in [-0.2, 0) is 11.3 Å². The highest BCUT2D eigenvalue weighted by Crippen LogP contribution is 2.24. The van der Waals surface area contributed by atoms with E-state index < -0.39 is 0 Å². The minimum atomic E-state index is -0.117. The number of anilines is 1. The number of fused-ring (bicyclic) bond motifs is 1. The maximum absolute atomic E-state index is 12.0. The van der Waals surface area contributed by atoms with Crippen LogP contribution in [0.4, 0.5) is 5.69 Å². The Morgan fingerprint density at radius 1 is 1.19 bits per heavy atom. The van der Waals surface area contributed by atoms with Gasteiger partial charge in [0.25, 0.3) is 0 Å². The molecule has 3 rings (SSSR count). The Hall–Kier alpha value is -2.85. The summed E-state index contributed by atoms with van der Waals surface area (Å²) in [5, 5.41) is 7.91. The van der Waals surface area contributed by atoms with Crippen molar-refractivity contribution in [2.75, 3.05) is 5.32 Å². The second-order valence-corrected chi connectivity index (χ2v) is 6.45. The predicted molar refractivity (Wildman–Crippen MR) is 107 cm³/mol. The summed E-state index contributed by atoms with van der Waals surface area (Å²) in [6, 6.07) is 17.3. The molecule has 0 radical (unpaired) electrons. The molecule has 0 saturated heterocycles. The van der Waals surface area contributed by atoms with Crippen molar-refractivity contribution in [2.24, 2.45) is 0 Å². The molecule has 0 saturated carbocycles. The Balaban J connectivity index is 1.59. The summed E-state index contributed by atoms with van der Waals surface area (Å²) in [4.78, 5) is 16.3. The first-order valence-corrected chi connectivity index (χ1v) is 8.80. The Morgan fingerprint density at radius 3 is 2.81 bits per heavy atom. The normalized spacial score (nSPS) is 12.2. The number of carbonyl (C=O) groups is 1. The van der Waals surface area contributed by atoms with Gasteiger partial charge in [0.2, 0.25) is 5.91 Å². The van der Waals surface area contributed by atoms with Gasteiger partial charge in [-0.2, -0.15) is 0 Å². The maximum Gasteiger partial charge on any atom is 0.243 e. The zero-order valence-electron chi connectivity index (χ0n) is 14.4. The highest BCUT2D eigenvalue weighted by molar-refractivity contribution is 6.31. The topological polar surface area (TPSA) is 54.0 Å². The third-order valence-electron chi connectivity index (χ3n) is 3.93. The maximum atomic E-state index is 12.0. The van der Waals surface area contributed by atoms with E-state index in [0.29, 0.717) is 11.6 Å². The molecule has 3 aromatic rings. The van der Waals surface area contributed by atoms with Gasteiger partial charge in [-0.3, -0.25) is 9.78 Å². The van der Waals surface area contributed by atoms with Crippen molar-refractivity contribution in [3.63, 3.8) is 0 Å².